The molecule has 3 saturated heterocycles. The largest absolute Gasteiger partial charge is 0.508 e. The van der Waals surface area contributed by atoms with Crippen LogP contribution in [0, 0.1) is 0 Å². The Kier molecular flexibility index (Phi) is 37.1. The molecular weight excluding hydrogens is 1450 g/mol. The highest BCUT2D eigenvalue weighted by Gasteiger charge is 2.36. The first-order valence-corrected chi connectivity index (χ1v) is 37.7. The summed E-state index contributed by atoms with van der Waals surface area (Å²) in [6.45, 7) is 29.5. The standard InChI is InChI=1S/C27H36N2O4.C23H28N2O4.C15H23NO.C12H13NO3.C11H15NO2.2ClH/c1-6-27(15-7-8-16-29(5)19-27)21-12-10-14-23(18-21)32-25(31)28-22-13-9-11-20(17-22)24(30)33-26(2,3)4;1-3-23(12-4-5-13-25(2)16-23)18-9-7-11-20(15-18)29-22(28)24-19-10-6-8-17(14-19)21(26)27;1-3-15(9-4-5-10-16(2)12-15)13-7-6-8-14(17)11-13;1-12(2,3)16-11(15)9-5-4-6-10(7-9)13-8-14;1-11(2,3)14-10(13)8-5-4-6-9(12)7-8;;/h9-14,17-18H,6-8,15-16,19H2,1-5H3,(H,28,31);6-11,14-15H,3-5,12-13,16H2,1-2H3,(H,24,28)(H,26,27);6-8,11,17H,3-5,9-10,12H2,1-2H3;4-7H,1-3H3;4-7H,12H2,1-3H3;2*1H. The minimum atomic E-state index is -1.05. The lowest BCUT2D eigenvalue weighted by Crippen LogP contribution is -2.37. The highest BCUT2D eigenvalue weighted by molar-refractivity contribution is 5.94. The second kappa shape index (κ2) is 43.9. The summed E-state index contributed by atoms with van der Waals surface area (Å²) in [6.07, 6.45) is 14.2. The number of carboxylic acid groups (broad SMARTS) is 1. The average molecular weight is 1570 g/mol. The van der Waals surface area contributed by atoms with Crippen LogP contribution < -0.4 is 25.8 Å². The Morgan fingerprint density at radius 2 is 0.802 bits per heavy atom. The lowest BCUT2D eigenvalue weighted by Gasteiger charge is -2.35. The number of hydrogen-bond donors (Lipinski definition) is 5. The smallest absolute Gasteiger partial charge is 0.417 e. The van der Waals surface area contributed by atoms with Crippen LogP contribution in [0.2, 0.25) is 0 Å². The van der Waals surface area contributed by atoms with Crippen LogP contribution in [-0.4, -0.2) is 144 Å². The molecule has 0 radical (unpaired) electrons. The van der Waals surface area contributed by atoms with Crippen LogP contribution in [0.5, 0.6) is 17.2 Å². The van der Waals surface area contributed by atoms with Crippen LogP contribution in [0.15, 0.2) is 175 Å². The van der Waals surface area contributed by atoms with E-state index in [9.17, 15) is 38.7 Å². The number of nitrogen functional groups attached to an aromatic ring is 1. The number of ether oxygens (including phenoxy) is 5. The van der Waals surface area contributed by atoms with E-state index in [0.29, 0.717) is 56.7 Å². The molecule has 3 unspecified atom stereocenters. The topological polar surface area (TPSA) is 278 Å². The van der Waals surface area contributed by atoms with Gasteiger partial charge in [-0.25, -0.2) is 33.6 Å². The molecule has 3 fully saturated rings. The van der Waals surface area contributed by atoms with E-state index >= 15 is 0 Å². The van der Waals surface area contributed by atoms with Crippen LogP contribution in [0.1, 0.15) is 218 Å². The molecule has 602 valence electrons. The number of carbonyl (C=O) groups excluding carboxylic acids is 6. The first kappa shape index (κ1) is 93.8. The lowest BCUT2D eigenvalue weighted by atomic mass is 9.74. The third kappa shape index (κ3) is 31.2. The summed E-state index contributed by atoms with van der Waals surface area (Å²) in [7, 11) is 6.54. The van der Waals surface area contributed by atoms with Crippen molar-refractivity contribution >= 4 is 89.7 Å². The van der Waals surface area contributed by atoms with E-state index in [4.69, 9.17) is 34.5 Å². The highest BCUT2D eigenvalue weighted by atomic mass is 35.5. The zero-order chi connectivity index (χ0) is 80.2. The maximum atomic E-state index is 12.6. The van der Waals surface area contributed by atoms with Gasteiger partial charge in [-0.1, -0.05) is 101 Å². The van der Waals surface area contributed by atoms with Crippen LogP contribution in [-0.2, 0) is 35.3 Å². The molecule has 2 amide bonds. The molecule has 0 aliphatic carbocycles. The van der Waals surface area contributed by atoms with Crippen molar-refractivity contribution in [1.82, 2.24) is 14.7 Å². The monoisotopic (exact) mass is 1570 g/mol. The Hall–Kier alpha value is -9.60. The van der Waals surface area contributed by atoms with Crippen molar-refractivity contribution < 1.29 is 67.5 Å². The fourth-order valence-electron chi connectivity index (χ4n) is 13.7. The van der Waals surface area contributed by atoms with E-state index in [0.717, 1.165) is 64.8 Å². The number of phenols is 1. The number of esters is 3. The van der Waals surface area contributed by atoms with Gasteiger partial charge < -0.3 is 54.3 Å². The second-order valence-corrected chi connectivity index (χ2v) is 31.5. The molecular formula is C88H117Cl2N7O14. The summed E-state index contributed by atoms with van der Waals surface area (Å²) >= 11 is 0. The molecule has 0 bridgehead atoms. The van der Waals surface area contributed by atoms with Crippen LogP contribution in [0.4, 0.5) is 32.3 Å². The van der Waals surface area contributed by atoms with Crippen molar-refractivity contribution in [1.29, 1.82) is 0 Å². The first-order valence-electron chi connectivity index (χ1n) is 37.7. The van der Waals surface area contributed by atoms with Crippen LogP contribution in [0.25, 0.3) is 0 Å². The zero-order valence-electron chi connectivity index (χ0n) is 67.4. The number of aromatic carboxylic acids is 1. The number of halogens is 2. The van der Waals surface area contributed by atoms with Crippen molar-refractivity contribution in [3.05, 3.63) is 209 Å². The number of rotatable bonds is 15. The van der Waals surface area contributed by atoms with E-state index in [2.05, 4.69) is 90.4 Å². The molecule has 3 heterocycles. The summed E-state index contributed by atoms with van der Waals surface area (Å²) in [5.41, 5.74) is 11.1. The van der Waals surface area contributed by atoms with Gasteiger partial charge in [-0.05, 0) is 287 Å². The molecule has 7 aromatic rings. The number of carbonyl (C=O) groups is 6. The predicted molar refractivity (Wildman–Crippen MR) is 445 cm³/mol. The van der Waals surface area contributed by atoms with Crippen molar-refractivity contribution in [2.75, 3.05) is 76.8 Å². The molecule has 3 aliphatic rings. The fraction of sp³-hybridized carbons (Fsp3) is 0.443. The number of isocyanates is 1. The van der Waals surface area contributed by atoms with Crippen LogP contribution >= 0.6 is 24.8 Å². The summed E-state index contributed by atoms with van der Waals surface area (Å²) in [5.74, 6) is -0.886. The van der Waals surface area contributed by atoms with E-state index in [1.165, 1.54) is 92.5 Å². The number of amides is 2. The van der Waals surface area contributed by atoms with Crippen molar-refractivity contribution in [2.24, 2.45) is 4.99 Å². The summed E-state index contributed by atoms with van der Waals surface area (Å²) < 4.78 is 26.8. The number of likely N-dealkylation sites (tertiary alicyclic amines) is 3. The maximum Gasteiger partial charge on any atom is 0.417 e. The zero-order valence-corrected chi connectivity index (χ0v) is 69.0. The quantitative estimate of drug-likeness (QED) is 0.0210. The summed E-state index contributed by atoms with van der Waals surface area (Å²) in [5, 5.41) is 24.1. The first-order chi connectivity index (χ1) is 51.5. The third-order valence-electron chi connectivity index (χ3n) is 19.1. The van der Waals surface area contributed by atoms with Gasteiger partial charge in [0.05, 0.1) is 27.9 Å². The third-order valence-corrected chi connectivity index (χ3v) is 19.1. The maximum absolute atomic E-state index is 12.6. The SMILES string of the molecule is CC(C)(C)OC(=O)c1cccc(N)c1.CC(C)(C)OC(=O)c1cccc(N=C=O)c1.CCC1(c2cccc(O)c2)CCCCN(C)C1.CCC1(c2cccc(OC(=O)Nc3cccc(C(=O)O)c3)c2)CCCCN(C)C1.CCC1(c2cccc(OC(=O)Nc3cccc(C(=O)OC(C)(C)C)c3)c2)CCCCN(C)C1.Cl.Cl. The van der Waals surface area contributed by atoms with E-state index in [1.807, 2.05) is 77.9 Å². The Balaban J connectivity index is 0.000000303. The Morgan fingerprint density at radius 1 is 0.459 bits per heavy atom. The Morgan fingerprint density at radius 3 is 1.17 bits per heavy atom. The molecule has 3 aliphatic heterocycles. The van der Waals surface area contributed by atoms with E-state index in [-0.39, 0.29) is 52.6 Å². The minimum Gasteiger partial charge on any atom is -0.508 e. The number of hydrogen-bond acceptors (Lipinski definition) is 18. The number of anilines is 3. The molecule has 23 heteroatoms. The number of aromatic hydroxyl groups is 1. The van der Waals surface area contributed by atoms with Crippen molar-refractivity contribution in [3.63, 3.8) is 0 Å². The molecule has 0 aromatic heterocycles. The fourth-order valence-corrected chi connectivity index (χ4v) is 13.7. The number of carboxylic acids is 1. The minimum absolute atomic E-state index is 0. The molecule has 10 rings (SSSR count). The molecule has 111 heavy (non-hydrogen) atoms. The van der Waals surface area contributed by atoms with Gasteiger partial charge in [-0.2, -0.15) is 4.99 Å². The Bertz CT molecular complexity index is 4230. The Labute approximate surface area is 669 Å². The molecule has 21 nitrogen and oxygen atoms in total. The number of nitrogens with two attached hydrogens (primary N) is 1. The van der Waals surface area contributed by atoms with Crippen LogP contribution in [0.3, 0.4) is 0 Å². The normalized spacial score (nSPS) is 18.0. The van der Waals surface area contributed by atoms with Gasteiger partial charge in [-0.15, -0.1) is 24.8 Å². The van der Waals surface area contributed by atoms with Gasteiger partial charge >= 0.3 is 36.1 Å². The van der Waals surface area contributed by atoms with Gasteiger partial charge in [0.2, 0.25) is 6.08 Å². The van der Waals surface area contributed by atoms with Gasteiger partial charge in [0.25, 0.3) is 0 Å². The lowest BCUT2D eigenvalue weighted by molar-refractivity contribution is 0.00571. The van der Waals surface area contributed by atoms with Gasteiger partial charge in [-0.3, -0.25) is 10.6 Å². The number of phenolic OH excluding ortho intramolecular Hbond substituents is 1. The molecule has 0 saturated carbocycles. The highest BCUT2D eigenvalue weighted by Crippen LogP contribution is 2.41. The van der Waals surface area contributed by atoms with Crippen molar-refractivity contribution in [2.45, 2.75) is 193 Å². The van der Waals surface area contributed by atoms with Gasteiger partial charge in [0, 0.05) is 52.9 Å². The number of nitrogens with zero attached hydrogens (tertiary/aromatic N) is 4. The number of benzene rings is 7. The van der Waals surface area contributed by atoms with Crippen molar-refractivity contribution in [3.8, 4) is 17.2 Å². The molecule has 7 aromatic carbocycles. The second-order valence-electron chi connectivity index (χ2n) is 31.5. The number of likely N-dealkylation sites (N-methyl/N-ethyl adjacent to an activating group) is 3. The number of aliphatic imine (C=N–C) groups is 1. The van der Waals surface area contributed by atoms with E-state index < -0.39 is 46.9 Å². The molecule has 3 atom stereocenters. The summed E-state index contributed by atoms with van der Waals surface area (Å²) in [4.78, 5) is 92.2. The van der Waals surface area contributed by atoms with E-state index in [1.54, 1.807) is 118 Å². The average Bonchev–Trinajstić information content (AvgIpc) is 1.81. The number of nitrogens with one attached hydrogen (secondary N) is 2. The van der Waals surface area contributed by atoms with Gasteiger partial charge in [0.15, 0.2) is 0 Å². The van der Waals surface area contributed by atoms with Gasteiger partial charge in [0.1, 0.15) is 34.1 Å². The summed E-state index contributed by atoms with van der Waals surface area (Å²) in [6, 6.07) is 49.3. The predicted octanol–water partition coefficient (Wildman–Crippen LogP) is 19.6. The molecule has 6 N–H and O–H groups in total. The molecule has 0 spiro atoms.